The van der Waals surface area contributed by atoms with Gasteiger partial charge in [0.1, 0.15) is 0 Å². The Morgan fingerprint density at radius 2 is 2.17 bits per heavy atom. The molecule has 0 aliphatic heterocycles. The topological polar surface area (TPSA) is 54.8 Å². The third kappa shape index (κ3) is 1.57. The van der Waals surface area contributed by atoms with Crippen molar-refractivity contribution in [2.75, 3.05) is 0 Å². The van der Waals surface area contributed by atoms with E-state index < -0.39 is 0 Å². The number of benzene rings is 1. The lowest BCUT2D eigenvalue weighted by Gasteiger charge is -1.98. The number of fused-ring (bicyclic) bond motifs is 1. The van der Waals surface area contributed by atoms with Gasteiger partial charge in [0.05, 0.1) is 22.7 Å². The maximum absolute atomic E-state index is 8.90. The van der Waals surface area contributed by atoms with Gasteiger partial charge in [-0.25, -0.2) is 4.98 Å². The van der Waals surface area contributed by atoms with Crippen LogP contribution in [0.25, 0.3) is 22.6 Å². The van der Waals surface area contributed by atoms with E-state index in [0.29, 0.717) is 22.4 Å². The Labute approximate surface area is 108 Å². The second-order valence-corrected chi connectivity index (χ2v) is 4.29. The number of nitriles is 1. The summed E-state index contributed by atoms with van der Waals surface area (Å²) in [5, 5.41) is 9.23. The molecular weight excluding hydrogens is 250 g/mol. The van der Waals surface area contributed by atoms with E-state index in [1.807, 2.05) is 17.7 Å². The number of furan rings is 1. The molecule has 0 fully saturated rings. The molecule has 3 aromatic rings. The van der Waals surface area contributed by atoms with Crippen LogP contribution in [0.1, 0.15) is 5.56 Å². The summed E-state index contributed by atoms with van der Waals surface area (Å²) >= 11 is 5.76. The highest BCUT2D eigenvalue weighted by Gasteiger charge is 2.13. The summed E-state index contributed by atoms with van der Waals surface area (Å²) < 4.78 is 7.23. The number of hydrogen-bond acceptors (Lipinski definition) is 3. The molecular formula is C13H8ClN3O. The summed E-state index contributed by atoms with van der Waals surface area (Å²) in [5.41, 5.74) is 2.31. The summed E-state index contributed by atoms with van der Waals surface area (Å²) in [5.74, 6) is 1.30. The number of halogens is 1. The van der Waals surface area contributed by atoms with E-state index >= 15 is 0 Å². The lowest BCUT2D eigenvalue weighted by molar-refractivity contribution is 0.576. The van der Waals surface area contributed by atoms with E-state index in [1.165, 1.54) is 0 Å². The van der Waals surface area contributed by atoms with Gasteiger partial charge in [-0.05, 0) is 41.9 Å². The number of aromatic nitrogens is 2. The Bertz CT molecular complexity index is 779. The quantitative estimate of drug-likeness (QED) is 0.672. The molecule has 0 radical (unpaired) electrons. The third-order valence-electron chi connectivity index (χ3n) is 2.80. The zero-order valence-electron chi connectivity index (χ0n) is 9.51. The van der Waals surface area contributed by atoms with Crippen molar-refractivity contribution in [2.24, 2.45) is 7.05 Å². The average molecular weight is 258 g/mol. The molecule has 0 aliphatic carbocycles. The highest BCUT2D eigenvalue weighted by atomic mass is 35.5. The Balaban J connectivity index is 2.26. The van der Waals surface area contributed by atoms with E-state index in [9.17, 15) is 0 Å². The van der Waals surface area contributed by atoms with Crippen LogP contribution in [0.5, 0.6) is 0 Å². The first kappa shape index (κ1) is 10.9. The van der Waals surface area contributed by atoms with Crippen LogP contribution in [0, 0.1) is 11.3 Å². The molecule has 0 spiro atoms. The van der Waals surface area contributed by atoms with Crippen LogP contribution in [0.3, 0.4) is 0 Å². The van der Waals surface area contributed by atoms with Gasteiger partial charge in [0, 0.05) is 7.05 Å². The lowest BCUT2D eigenvalue weighted by Crippen LogP contribution is -1.91. The number of hydrogen-bond donors (Lipinski definition) is 0. The molecule has 18 heavy (non-hydrogen) atoms. The summed E-state index contributed by atoms with van der Waals surface area (Å²) in [4.78, 5) is 4.47. The molecule has 0 aliphatic rings. The monoisotopic (exact) mass is 257 g/mol. The van der Waals surface area contributed by atoms with E-state index in [0.717, 1.165) is 11.0 Å². The molecule has 0 saturated carbocycles. The predicted octanol–water partition coefficient (Wildman–Crippen LogP) is 3.36. The van der Waals surface area contributed by atoms with Crippen molar-refractivity contribution >= 4 is 22.6 Å². The first-order chi connectivity index (χ1) is 8.69. The van der Waals surface area contributed by atoms with E-state index in [2.05, 4.69) is 11.1 Å². The fraction of sp³-hybridized carbons (Fsp3) is 0.0769. The normalized spacial score (nSPS) is 10.7. The zero-order chi connectivity index (χ0) is 12.7. The lowest BCUT2D eigenvalue weighted by atomic mass is 10.2. The number of aryl methyl sites for hydroxylation is 1. The molecule has 3 rings (SSSR count). The van der Waals surface area contributed by atoms with Crippen molar-refractivity contribution < 1.29 is 4.42 Å². The van der Waals surface area contributed by atoms with Crippen molar-refractivity contribution in [1.82, 2.24) is 9.55 Å². The highest BCUT2D eigenvalue weighted by Crippen LogP contribution is 2.27. The zero-order valence-corrected chi connectivity index (χ0v) is 10.3. The minimum Gasteiger partial charge on any atom is -0.441 e. The summed E-state index contributed by atoms with van der Waals surface area (Å²) in [6.07, 6.45) is 0. The van der Waals surface area contributed by atoms with Gasteiger partial charge in [0.15, 0.2) is 16.8 Å². The first-order valence-electron chi connectivity index (χ1n) is 5.31. The van der Waals surface area contributed by atoms with Crippen LogP contribution >= 0.6 is 11.6 Å². The summed E-state index contributed by atoms with van der Waals surface area (Å²) in [6, 6.07) is 10.9. The molecule has 4 nitrogen and oxygen atoms in total. The van der Waals surface area contributed by atoms with Crippen molar-refractivity contribution in [1.29, 1.82) is 5.26 Å². The van der Waals surface area contributed by atoms with Gasteiger partial charge >= 0.3 is 0 Å². The van der Waals surface area contributed by atoms with Crippen molar-refractivity contribution in [3.05, 3.63) is 41.1 Å². The van der Waals surface area contributed by atoms with Crippen LogP contribution in [0.2, 0.25) is 5.22 Å². The van der Waals surface area contributed by atoms with Crippen LogP contribution in [0.4, 0.5) is 0 Å². The first-order valence-corrected chi connectivity index (χ1v) is 5.69. The molecule has 2 aromatic heterocycles. The van der Waals surface area contributed by atoms with Gasteiger partial charge in [-0.3, -0.25) is 0 Å². The van der Waals surface area contributed by atoms with Gasteiger partial charge in [-0.2, -0.15) is 5.26 Å². The average Bonchev–Trinajstić information content (AvgIpc) is 2.94. The molecule has 0 unspecified atom stereocenters. The van der Waals surface area contributed by atoms with Crippen LogP contribution in [-0.4, -0.2) is 9.55 Å². The van der Waals surface area contributed by atoms with Gasteiger partial charge in [-0.15, -0.1) is 0 Å². The van der Waals surface area contributed by atoms with E-state index in [4.69, 9.17) is 21.3 Å². The van der Waals surface area contributed by atoms with Crippen LogP contribution < -0.4 is 0 Å². The minimum atomic E-state index is 0.328. The molecule has 88 valence electrons. The standard InChI is InChI=1S/C13H8ClN3O/c1-17-10-6-8(7-15)2-3-9(10)16-13(17)11-4-5-12(14)18-11/h2-6H,1H3. The summed E-state index contributed by atoms with van der Waals surface area (Å²) in [6.45, 7) is 0. The third-order valence-corrected chi connectivity index (χ3v) is 3.01. The van der Waals surface area contributed by atoms with Crippen LogP contribution in [0.15, 0.2) is 34.7 Å². The van der Waals surface area contributed by atoms with Gasteiger partial charge in [-0.1, -0.05) is 0 Å². The molecule has 0 amide bonds. The fourth-order valence-corrected chi connectivity index (χ4v) is 2.06. The predicted molar refractivity (Wildman–Crippen MR) is 68.1 cm³/mol. The fourth-order valence-electron chi connectivity index (χ4n) is 1.91. The van der Waals surface area contributed by atoms with Gasteiger partial charge in [0.25, 0.3) is 0 Å². The molecule has 5 heteroatoms. The number of nitrogens with zero attached hydrogens (tertiary/aromatic N) is 3. The second-order valence-electron chi connectivity index (χ2n) is 3.91. The largest absolute Gasteiger partial charge is 0.441 e. The minimum absolute atomic E-state index is 0.328. The van der Waals surface area contributed by atoms with Gasteiger partial charge in [0.2, 0.25) is 0 Å². The second kappa shape index (κ2) is 3.90. The molecule has 0 atom stereocenters. The molecule has 2 heterocycles. The maximum atomic E-state index is 8.90. The van der Waals surface area contributed by atoms with Crippen molar-refractivity contribution in [3.63, 3.8) is 0 Å². The molecule has 0 N–H and O–H groups in total. The van der Waals surface area contributed by atoms with Crippen LogP contribution in [-0.2, 0) is 7.05 Å². The maximum Gasteiger partial charge on any atom is 0.194 e. The Hall–Kier alpha value is -2.25. The SMILES string of the molecule is Cn1c(-c2ccc(Cl)o2)nc2ccc(C#N)cc21. The van der Waals surface area contributed by atoms with E-state index in [-0.39, 0.29) is 0 Å². The molecule has 1 aromatic carbocycles. The smallest absolute Gasteiger partial charge is 0.194 e. The Kier molecular flexibility index (Phi) is 2.35. The molecule has 0 bridgehead atoms. The van der Waals surface area contributed by atoms with Crippen molar-refractivity contribution in [3.8, 4) is 17.7 Å². The van der Waals surface area contributed by atoms with E-state index in [1.54, 1.807) is 24.3 Å². The summed E-state index contributed by atoms with van der Waals surface area (Å²) in [7, 11) is 1.88. The van der Waals surface area contributed by atoms with Crippen molar-refractivity contribution in [2.45, 2.75) is 0 Å². The Morgan fingerprint density at radius 1 is 1.33 bits per heavy atom. The highest BCUT2D eigenvalue weighted by molar-refractivity contribution is 6.28. The Morgan fingerprint density at radius 3 is 2.83 bits per heavy atom. The molecule has 0 saturated heterocycles. The number of imidazole rings is 1. The van der Waals surface area contributed by atoms with Gasteiger partial charge < -0.3 is 8.98 Å². The number of rotatable bonds is 1.